The average Bonchev–Trinajstić information content (AvgIpc) is 2.94. The van der Waals surface area contributed by atoms with Gasteiger partial charge in [-0.25, -0.2) is 16.8 Å². The van der Waals surface area contributed by atoms with Crippen molar-refractivity contribution in [3.8, 4) is 11.1 Å². The Labute approximate surface area is 209 Å². The average molecular weight is 476 g/mol. The van der Waals surface area contributed by atoms with E-state index in [1.165, 1.54) is 16.1 Å². The number of nitrogens with zero attached hydrogens (tertiary/aromatic N) is 1. The summed E-state index contributed by atoms with van der Waals surface area (Å²) in [7, 11) is -3.62. The molecule has 0 aliphatic carbocycles. The molecular formula is C22H27FNNaO6S. The van der Waals surface area contributed by atoms with Gasteiger partial charge >= 0.3 is 29.6 Å². The van der Waals surface area contributed by atoms with Crippen molar-refractivity contribution in [2.24, 2.45) is 0 Å². The summed E-state index contributed by atoms with van der Waals surface area (Å²) in [5, 5.41) is 29.3. The summed E-state index contributed by atoms with van der Waals surface area (Å²) >= 11 is 0. The Balaban J connectivity index is 0.00000512. The van der Waals surface area contributed by atoms with Gasteiger partial charge in [0.1, 0.15) is 11.8 Å². The van der Waals surface area contributed by atoms with Crippen LogP contribution in [0.4, 0.5) is 4.39 Å². The number of hydrogen-bond donors (Lipinski definition) is 2. The van der Waals surface area contributed by atoms with Crippen molar-refractivity contribution in [3.05, 3.63) is 53.1 Å². The Hall–Kier alpha value is -1.49. The molecule has 0 aliphatic rings. The van der Waals surface area contributed by atoms with Gasteiger partial charge in [0.2, 0.25) is 15.8 Å². The first-order valence-electron chi connectivity index (χ1n) is 9.81. The summed E-state index contributed by atoms with van der Waals surface area (Å²) < 4.78 is 39.8. The Bertz CT molecular complexity index is 1090. The Morgan fingerprint density at radius 3 is 2.28 bits per heavy atom. The summed E-state index contributed by atoms with van der Waals surface area (Å²) in [5.41, 5.74) is 3.04. The first kappa shape index (κ1) is 28.5. The molecule has 0 saturated carbocycles. The fraction of sp³-hybridized carbons (Fsp3) is 0.409. The zero-order chi connectivity index (χ0) is 23.6. The number of aliphatic hydroxyl groups is 2. The van der Waals surface area contributed by atoms with Gasteiger partial charge in [-0.15, -0.1) is 0 Å². The second-order valence-electron chi connectivity index (χ2n) is 7.85. The zero-order valence-electron chi connectivity index (χ0n) is 18.9. The molecule has 0 aliphatic heterocycles. The molecule has 2 aromatic rings. The van der Waals surface area contributed by atoms with Gasteiger partial charge in [0.25, 0.3) is 0 Å². The van der Waals surface area contributed by atoms with Crippen LogP contribution in [-0.2, 0) is 14.8 Å². The van der Waals surface area contributed by atoms with Crippen molar-refractivity contribution in [3.63, 3.8) is 0 Å². The molecule has 0 fully saturated rings. The molecule has 32 heavy (non-hydrogen) atoms. The number of halogens is 1. The van der Waals surface area contributed by atoms with Crippen LogP contribution in [0.25, 0.3) is 17.2 Å². The maximum atomic E-state index is 13.4. The van der Waals surface area contributed by atoms with Gasteiger partial charge in [-0.3, -0.25) is 0 Å². The minimum atomic E-state index is -3.62. The topological polar surface area (TPSA) is 120 Å². The molecule has 0 unspecified atom stereocenters. The van der Waals surface area contributed by atoms with Crippen molar-refractivity contribution < 1.29 is 62.5 Å². The SMILES string of the molecule is Cc1c(-c2ccc(F)cc2)c(/C=C/CCCC(O)(O)C(=O)[O-])c(C(C)C)n1S(C)(=O)=O.[Na+]. The van der Waals surface area contributed by atoms with Crippen LogP contribution in [-0.4, -0.2) is 40.6 Å². The van der Waals surface area contributed by atoms with Crippen LogP contribution in [0.2, 0.25) is 0 Å². The largest absolute Gasteiger partial charge is 1.00 e. The number of carbonyl (C=O) groups excluding carboxylic acids is 1. The number of aromatic nitrogens is 1. The molecule has 1 heterocycles. The maximum Gasteiger partial charge on any atom is 1.00 e. The third-order valence-corrected chi connectivity index (χ3v) is 6.08. The third-order valence-electron chi connectivity index (χ3n) is 4.95. The van der Waals surface area contributed by atoms with Crippen LogP contribution in [0.15, 0.2) is 30.3 Å². The molecule has 0 radical (unpaired) electrons. The van der Waals surface area contributed by atoms with Gasteiger partial charge in [-0.1, -0.05) is 38.1 Å². The Morgan fingerprint density at radius 2 is 1.81 bits per heavy atom. The van der Waals surface area contributed by atoms with E-state index in [4.69, 9.17) is 0 Å². The van der Waals surface area contributed by atoms with E-state index in [0.717, 1.165) is 6.26 Å². The van der Waals surface area contributed by atoms with E-state index in [-0.39, 0.29) is 41.9 Å². The predicted octanol–water partition coefficient (Wildman–Crippen LogP) is -0.848. The summed E-state index contributed by atoms with van der Waals surface area (Å²) in [6.45, 7) is 5.43. The second kappa shape index (κ2) is 11.1. The smallest absolute Gasteiger partial charge is 0.544 e. The van der Waals surface area contributed by atoms with Crippen LogP contribution in [0, 0.1) is 12.7 Å². The van der Waals surface area contributed by atoms with Crippen LogP contribution in [0.3, 0.4) is 0 Å². The Kier molecular flexibility index (Phi) is 9.89. The number of allylic oxidation sites excluding steroid dienone is 1. The molecule has 1 aromatic carbocycles. The van der Waals surface area contributed by atoms with E-state index >= 15 is 0 Å². The molecule has 0 atom stereocenters. The molecule has 2 rings (SSSR count). The van der Waals surface area contributed by atoms with Crippen LogP contribution < -0.4 is 34.7 Å². The number of carboxylic acids is 1. The predicted molar refractivity (Wildman–Crippen MR) is 114 cm³/mol. The summed E-state index contributed by atoms with van der Waals surface area (Å²) in [4.78, 5) is 10.7. The molecule has 1 aromatic heterocycles. The van der Waals surface area contributed by atoms with Gasteiger partial charge in [0, 0.05) is 28.9 Å². The van der Waals surface area contributed by atoms with Crippen molar-refractivity contribution in [1.82, 2.24) is 3.97 Å². The number of benzene rings is 1. The van der Waals surface area contributed by atoms with E-state index in [2.05, 4.69) is 0 Å². The minimum Gasteiger partial charge on any atom is -0.544 e. The Morgan fingerprint density at radius 1 is 1.25 bits per heavy atom. The van der Waals surface area contributed by atoms with Crippen molar-refractivity contribution in [2.75, 3.05) is 6.26 Å². The molecule has 2 N–H and O–H groups in total. The molecule has 10 heteroatoms. The van der Waals surface area contributed by atoms with E-state index in [0.29, 0.717) is 34.5 Å². The molecule has 7 nitrogen and oxygen atoms in total. The monoisotopic (exact) mass is 475 g/mol. The fourth-order valence-electron chi connectivity index (χ4n) is 3.61. The zero-order valence-corrected chi connectivity index (χ0v) is 21.7. The molecular weight excluding hydrogens is 448 g/mol. The van der Waals surface area contributed by atoms with Gasteiger partial charge in [0.05, 0.1) is 6.26 Å². The number of aliphatic carboxylic acids is 1. The first-order valence-corrected chi connectivity index (χ1v) is 11.7. The standard InChI is InChI=1S/C22H28FNO6S.Na/c1-14(2)20-18(8-6-5-7-13-22(27,28)21(25)26)19(15(3)24(20)31(4,29)30)16-9-11-17(23)12-10-16;/h6,8-12,14,27-28H,5,7,13H2,1-4H3,(H,25,26);/q;+1/p-1/b8-6+;. The maximum absolute atomic E-state index is 13.4. The van der Waals surface area contributed by atoms with Gasteiger partial charge in [-0.05, 0) is 43.4 Å². The van der Waals surface area contributed by atoms with Crippen LogP contribution in [0.5, 0.6) is 0 Å². The van der Waals surface area contributed by atoms with E-state index in [1.807, 2.05) is 13.8 Å². The van der Waals surface area contributed by atoms with Gasteiger partial charge < -0.3 is 20.1 Å². The van der Waals surface area contributed by atoms with E-state index < -0.39 is 34.0 Å². The number of rotatable bonds is 9. The minimum absolute atomic E-state index is 0. The van der Waals surface area contributed by atoms with Crippen LogP contribution in [0.1, 0.15) is 56.0 Å². The quantitative estimate of drug-likeness (QED) is 0.277. The molecule has 0 saturated heterocycles. The van der Waals surface area contributed by atoms with Gasteiger partial charge in [0.15, 0.2) is 0 Å². The molecule has 0 spiro atoms. The molecule has 0 amide bonds. The molecule has 170 valence electrons. The third kappa shape index (κ3) is 6.52. The first-order chi connectivity index (χ1) is 14.3. The van der Waals surface area contributed by atoms with Crippen molar-refractivity contribution >= 4 is 22.1 Å². The summed E-state index contributed by atoms with van der Waals surface area (Å²) in [5.74, 6) is -5.41. The van der Waals surface area contributed by atoms with E-state index in [1.54, 1.807) is 31.2 Å². The number of hydrogen-bond acceptors (Lipinski definition) is 6. The van der Waals surface area contributed by atoms with Crippen molar-refractivity contribution in [2.45, 2.75) is 51.7 Å². The normalized spacial score (nSPS) is 12.4. The number of unbranched alkanes of at least 4 members (excludes halogenated alkanes) is 1. The van der Waals surface area contributed by atoms with Crippen LogP contribution >= 0.6 is 0 Å². The molecule has 0 bridgehead atoms. The summed E-state index contributed by atoms with van der Waals surface area (Å²) in [6.07, 6.45) is 4.64. The fourth-order valence-corrected chi connectivity index (χ4v) is 4.86. The summed E-state index contributed by atoms with van der Waals surface area (Å²) in [6, 6.07) is 5.77. The number of carbonyl (C=O) groups is 1. The van der Waals surface area contributed by atoms with Gasteiger partial charge in [-0.2, -0.15) is 0 Å². The second-order valence-corrected chi connectivity index (χ2v) is 9.68. The van der Waals surface area contributed by atoms with E-state index in [9.17, 15) is 32.9 Å². The van der Waals surface area contributed by atoms with Crippen molar-refractivity contribution in [1.29, 1.82) is 0 Å². The number of carboxylic acid groups (broad SMARTS) is 1.